The zero-order valence-corrected chi connectivity index (χ0v) is 11.7. The number of nitrogens with zero attached hydrogens (tertiary/aromatic N) is 6. The predicted molar refractivity (Wildman–Crippen MR) is 76.6 cm³/mol. The van der Waals surface area contributed by atoms with Crippen LogP contribution in [0.4, 0.5) is 5.82 Å². The molecule has 0 bridgehead atoms. The standard InChI is InChI=1S/C14H16N6/c1-10-7-13(20-14(18-10)16-9-17-20)19(3)11(2)12-5-4-6-15-8-12/h4-9,11H,1-3H3. The summed E-state index contributed by atoms with van der Waals surface area (Å²) in [6.45, 7) is 4.09. The van der Waals surface area contributed by atoms with Gasteiger partial charge in [0.15, 0.2) is 0 Å². The monoisotopic (exact) mass is 268 g/mol. The Morgan fingerprint density at radius 2 is 2.20 bits per heavy atom. The molecule has 0 saturated carbocycles. The van der Waals surface area contributed by atoms with Gasteiger partial charge in [-0.1, -0.05) is 6.07 Å². The summed E-state index contributed by atoms with van der Waals surface area (Å²) in [4.78, 5) is 14.8. The van der Waals surface area contributed by atoms with E-state index in [1.54, 1.807) is 10.7 Å². The summed E-state index contributed by atoms with van der Waals surface area (Å²) < 4.78 is 1.75. The lowest BCUT2D eigenvalue weighted by atomic mass is 10.1. The number of rotatable bonds is 3. The topological polar surface area (TPSA) is 59.2 Å². The third-order valence-corrected chi connectivity index (χ3v) is 3.47. The highest BCUT2D eigenvalue weighted by molar-refractivity contribution is 5.48. The van der Waals surface area contributed by atoms with Gasteiger partial charge in [0.1, 0.15) is 12.1 Å². The van der Waals surface area contributed by atoms with E-state index in [2.05, 4.69) is 37.9 Å². The molecule has 0 radical (unpaired) electrons. The number of hydrogen-bond acceptors (Lipinski definition) is 5. The van der Waals surface area contributed by atoms with Gasteiger partial charge in [0.05, 0.1) is 6.04 Å². The van der Waals surface area contributed by atoms with E-state index in [0.29, 0.717) is 5.78 Å². The van der Waals surface area contributed by atoms with Crippen molar-refractivity contribution in [1.29, 1.82) is 0 Å². The second kappa shape index (κ2) is 4.88. The molecule has 6 heteroatoms. The first-order valence-corrected chi connectivity index (χ1v) is 6.47. The molecule has 0 aliphatic heterocycles. The lowest BCUT2D eigenvalue weighted by molar-refractivity contribution is 0.705. The quantitative estimate of drug-likeness (QED) is 0.727. The van der Waals surface area contributed by atoms with Crippen LogP contribution in [0.25, 0.3) is 5.78 Å². The van der Waals surface area contributed by atoms with Crippen LogP contribution < -0.4 is 4.90 Å². The van der Waals surface area contributed by atoms with Crippen LogP contribution in [0.2, 0.25) is 0 Å². The molecule has 0 aliphatic carbocycles. The third-order valence-electron chi connectivity index (χ3n) is 3.47. The van der Waals surface area contributed by atoms with Crippen molar-refractivity contribution in [2.24, 2.45) is 0 Å². The Morgan fingerprint density at radius 1 is 1.35 bits per heavy atom. The summed E-state index contributed by atoms with van der Waals surface area (Å²) in [5.74, 6) is 1.58. The molecule has 0 spiro atoms. The van der Waals surface area contributed by atoms with Crippen molar-refractivity contribution in [2.75, 3.05) is 11.9 Å². The van der Waals surface area contributed by atoms with Crippen molar-refractivity contribution in [1.82, 2.24) is 24.6 Å². The van der Waals surface area contributed by atoms with Gasteiger partial charge in [0.25, 0.3) is 5.78 Å². The summed E-state index contributed by atoms with van der Waals surface area (Å²) in [5, 5.41) is 4.24. The number of aromatic nitrogens is 5. The molecular formula is C14H16N6. The van der Waals surface area contributed by atoms with Gasteiger partial charge in [-0.15, -0.1) is 0 Å². The maximum absolute atomic E-state index is 4.36. The SMILES string of the molecule is Cc1cc(N(C)C(C)c2cccnc2)n2ncnc2n1. The molecule has 1 atom stereocenters. The molecule has 3 aromatic heterocycles. The summed E-state index contributed by atoms with van der Waals surface area (Å²) in [6, 6.07) is 6.20. The number of anilines is 1. The van der Waals surface area contributed by atoms with Crippen molar-refractivity contribution < 1.29 is 0 Å². The number of fused-ring (bicyclic) bond motifs is 1. The first-order chi connectivity index (χ1) is 9.66. The van der Waals surface area contributed by atoms with Gasteiger partial charge in [0.2, 0.25) is 0 Å². The maximum atomic E-state index is 4.36. The molecule has 6 nitrogen and oxygen atoms in total. The molecule has 20 heavy (non-hydrogen) atoms. The Labute approximate surface area is 117 Å². The zero-order valence-electron chi connectivity index (χ0n) is 11.7. The van der Waals surface area contributed by atoms with E-state index in [1.807, 2.05) is 32.3 Å². The summed E-state index contributed by atoms with van der Waals surface area (Å²) >= 11 is 0. The van der Waals surface area contributed by atoms with Crippen LogP contribution in [0, 0.1) is 6.92 Å². The molecule has 0 N–H and O–H groups in total. The maximum Gasteiger partial charge on any atom is 0.254 e. The van der Waals surface area contributed by atoms with E-state index < -0.39 is 0 Å². The fraction of sp³-hybridized carbons (Fsp3) is 0.286. The Bertz CT molecular complexity index is 721. The van der Waals surface area contributed by atoms with Gasteiger partial charge < -0.3 is 4.90 Å². The molecule has 1 unspecified atom stereocenters. The number of pyridine rings is 1. The van der Waals surface area contributed by atoms with E-state index >= 15 is 0 Å². The first kappa shape index (κ1) is 12.5. The number of hydrogen-bond donors (Lipinski definition) is 0. The van der Waals surface area contributed by atoms with Crippen LogP contribution in [0.15, 0.2) is 36.9 Å². The normalized spacial score (nSPS) is 12.6. The van der Waals surface area contributed by atoms with Gasteiger partial charge in [-0.25, -0.2) is 4.98 Å². The minimum Gasteiger partial charge on any atom is -0.353 e. The third kappa shape index (κ3) is 2.09. The second-order valence-electron chi connectivity index (χ2n) is 4.80. The van der Waals surface area contributed by atoms with E-state index in [4.69, 9.17) is 0 Å². The minimum absolute atomic E-state index is 0.179. The Balaban J connectivity index is 2.04. The molecular weight excluding hydrogens is 252 g/mol. The van der Waals surface area contributed by atoms with Crippen LogP contribution in [-0.4, -0.2) is 31.6 Å². The molecule has 3 rings (SSSR count). The van der Waals surface area contributed by atoms with Gasteiger partial charge in [0, 0.05) is 31.2 Å². The van der Waals surface area contributed by atoms with Crippen molar-refractivity contribution in [3.8, 4) is 0 Å². The molecule has 0 aromatic carbocycles. The Morgan fingerprint density at radius 3 is 2.95 bits per heavy atom. The van der Waals surface area contributed by atoms with Crippen molar-refractivity contribution in [2.45, 2.75) is 19.9 Å². The molecule has 0 amide bonds. The largest absolute Gasteiger partial charge is 0.353 e. The van der Waals surface area contributed by atoms with Gasteiger partial charge >= 0.3 is 0 Å². The number of aryl methyl sites for hydroxylation is 1. The van der Waals surface area contributed by atoms with Crippen LogP contribution in [0.1, 0.15) is 24.2 Å². The van der Waals surface area contributed by atoms with E-state index in [0.717, 1.165) is 17.1 Å². The average Bonchev–Trinajstić information content (AvgIpc) is 2.94. The van der Waals surface area contributed by atoms with Crippen LogP contribution in [-0.2, 0) is 0 Å². The Kier molecular flexibility index (Phi) is 3.06. The summed E-state index contributed by atoms with van der Waals surface area (Å²) in [5.41, 5.74) is 2.07. The van der Waals surface area contributed by atoms with Crippen LogP contribution in [0.5, 0.6) is 0 Å². The lowest BCUT2D eigenvalue weighted by Crippen LogP contribution is -2.24. The average molecular weight is 268 g/mol. The Hall–Kier alpha value is -2.50. The highest BCUT2D eigenvalue weighted by Crippen LogP contribution is 2.24. The molecule has 0 fully saturated rings. The smallest absolute Gasteiger partial charge is 0.254 e. The lowest BCUT2D eigenvalue weighted by Gasteiger charge is -2.27. The van der Waals surface area contributed by atoms with E-state index in [9.17, 15) is 0 Å². The van der Waals surface area contributed by atoms with Gasteiger partial charge in [-0.3, -0.25) is 4.98 Å². The fourth-order valence-electron chi connectivity index (χ4n) is 2.21. The van der Waals surface area contributed by atoms with E-state index in [-0.39, 0.29) is 6.04 Å². The molecule has 0 saturated heterocycles. The highest BCUT2D eigenvalue weighted by atomic mass is 15.4. The fourth-order valence-corrected chi connectivity index (χ4v) is 2.21. The van der Waals surface area contributed by atoms with E-state index in [1.165, 1.54) is 6.33 Å². The van der Waals surface area contributed by atoms with Crippen molar-refractivity contribution >= 4 is 11.6 Å². The van der Waals surface area contributed by atoms with Crippen LogP contribution >= 0.6 is 0 Å². The first-order valence-electron chi connectivity index (χ1n) is 6.47. The van der Waals surface area contributed by atoms with Crippen LogP contribution in [0.3, 0.4) is 0 Å². The van der Waals surface area contributed by atoms with Gasteiger partial charge in [-0.2, -0.15) is 14.6 Å². The molecule has 3 heterocycles. The summed E-state index contributed by atoms with van der Waals surface area (Å²) in [6.07, 6.45) is 5.18. The predicted octanol–water partition coefficient (Wildman–Crippen LogP) is 2.03. The zero-order chi connectivity index (χ0) is 14.1. The second-order valence-corrected chi connectivity index (χ2v) is 4.80. The summed E-state index contributed by atoms with van der Waals surface area (Å²) in [7, 11) is 2.04. The van der Waals surface area contributed by atoms with Crippen molar-refractivity contribution in [3.05, 3.63) is 48.2 Å². The molecule has 102 valence electrons. The minimum atomic E-state index is 0.179. The van der Waals surface area contributed by atoms with Gasteiger partial charge in [-0.05, 0) is 25.5 Å². The highest BCUT2D eigenvalue weighted by Gasteiger charge is 2.16. The molecule has 3 aromatic rings. The van der Waals surface area contributed by atoms with Crippen molar-refractivity contribution in [3.63, 3.8) is 0 Å². The molecule has 0 aliphatic rings.